The van der Waals surface area contributed by atoms with Crippen LogP contribution in [-0.2, 0) is 14.8 Å². The van der Waals surface area contributed by atoms with Crippen molar-refractivity contribution in [2.45, 2.75) is 18.9 Å². The van der Waals surface area contributed by atoms with E-state index in [1.54, 1.807) is 0 Å². The Morgan fingerprint density at radius 3 is 2.60 bits per heavy atom. The summed E-state index contributed by atoms with van der Waals surface area (Å²) in [5, 5.41) is 0. The Morgan fingerprint density at radius 1 is 1.50 bits per heavy atom. The summed E-state index contributed by atoms with van der Waals surface area (Å²) in [7, 11) is -3.13. The van der Waals surface area contributed by atoms with E-state index in [2.05, 4.69) is 4.72 Å². The molecule has 0 spiro atoms. The first-order chi connectivity index (χ1) is 4.64. The Kier molecular flexibility index (Phi) is 2.05. The number of aldehydes is 1. The van der Waals surface area contributed by atoms with E-state index in [-0.39, 0.29) is 5.75 Å². The van der Waals surface area contributed by atoms with Crippen LogP contribution in [-0.4, -0.2) is 26.5 Å². The molecule has 1 heterocycles. The van der Waals surface area contributed by atoms with E-state index < -0.39 is 16.1 Å². The summed E-state index contributed by atoms with van der Waals surface area (Å²) in [4.78, 5) is 10.1. The minimum absolute atomic E-state index is 0.150. The van der Waals surface area contributed by atoms with Crippen LogP contribution in [0.1, 0.15) is 12.8 Å². The average molecular weight is 163 g/mol. The minimum atomic E-state index is -3.13. The molecule has 1 rings (SSSR count). The second kappa shape index (κ2) is 2.67. The molecule has 0 radical (unpaired) electrons. The van der Waals surface area contributed by atoms with Gasteiger partial charge in [0.2, 0.25) is 10.0 Å². The number of hydrogen-bond acceptors (Lipinski definition) is 3. The molecule has 1 unspecified atom stereocenters. The molecule has 1 saturated heterocycles. The highest BCUT2D eigenvalue weighted by atomic mass is 32.2. The van der Waals surface area contributed by atoms with Crippen LogP contribution in [0, 0.1) is 0 Å². The Bertz CT molecular complexity index is 221. The summed E-state index contributed by atoms with van der Waals surface area (Å²) >= 11 is 0. The molecule has 0 saturated carbocycles. The van der Waals surface area contributed by atoms with Crippen molar-refractivity contribution in [1.82, 2.24) is 4.72 Å². The molecule has 1 aliphatic rings. The molecule has 1 N–H and O–H groups in total. The summed E-state index contributed by atoms with van der Waals surface area (Å²) in [6.45, 7) is 0. The number of carbonyl (C=O) groups excluding carboxylic acids is 1. The first-order valence-electron chi connectivity index (χ1n) is 3.09. The normalized spacial score (nSPS) is 31.4. The maximum absolute atomic E-state index is 10.7. The van der Waals surface area contributed by atoms with E-state index in [9.17, 15) is 13.2 Å². The van der Waals surface area contributed by atoms with Crippen molar-refractivity contribution in [2.24, 2.45) is 0 Å². The zero-order chi connectivity index (χ0) is 7.61. The van der Waals surface area contributed by atoms with Crippen LogP contribution < -0.4 is 4.72 Å². The SMILES string of the molecule is O=CC1CCCS(=O)(=O)N1. The number of carbonyl (C=O) groups is 1. The van der Waals surface area contributed by atoms with Gasteiger partial charge in [-0.15, -0.1) is 0 Å². The summed E-state index contributed by atoms with van der Waals surface area (Å²) in [5.41, 5.74) is 0. The number of rotatable bonds is 1. The number of hydrogen-bond donors (Lipinski definition) is 1. The Morgan fingerprint density at radius 2 is 2.20 bits per heavy atom. The van der Waals surface area contributed by atoms with Gasteiger partial charge in [0.15, 0.2) is 0 Å². The van der Waals surface area contributed by atoms with Crippen LogP contribution in [0.2, 0.25) is 0 Å². The van der Waals surface area contributed by atoms with Gasteiger partial charge in [-0.05, 0) is 12.8 Å². The van der Waals surface area contributed by atoms with Crippen molar-refractivity contribution in [2.75, 3.05) is 5.75 Å². The Labute approximate surface area is 59.7 Å². The first kappa shape index (κ1) is 7.68. The maximum atomic E-state index is 10.7. The molecule has 1 aliphatic heterocycles. The highest BCUT2D eigenvalue weighted by molar-refractivity contribution is 7.89. The van der Waals surface area contributed by atoms with Gasteiger partial charge in [-0.1, -0.05) is 0 Å². The molecule has 0 amide bonds. The summed E-state index contributed by atoms with van der Waals surface area (Å²) in [5.74, 6) is 0.150. The molecule has 4 nitrogen and oxygen atoms in total. The van der Waals surface area contributed by atoms with Crippen molar-refractivity contribution in [1.29, 1.82) is 0 Å². The highest BCUT2D eigenvalue weighted by Crippen LogP contribution is 2.06. The molecule has 0 aliphatic carbocycles. The van der Waals surface area contributed by atoms with Gasteiger partial charge in [-0.3, -0.25) is 0 Å². The molecule has 0 bridgehead atoms. The topological polar surface area (TPSA) is 63.2 Å². The second-order valence-electron chi connectivity index (χ2n) is 2.32. The van der Waals surface area contributed by atoms with Crippen LogP contribution in [0.25, 0.3) is 0 Å². The zero-order valence-electron chi connectivity index (χ0n) is 5.41. The van der Waals surface area contributed by atoms with E-state index in [0.717, 1.165) is 0 Å². The molecular weight excluding hydrogens is 154 g/mol. The molecule has 10 heavy (non-hydrogen) atoms. The van der Waals surface area contributed by atoms with Gasteiger partial charge in [-0.25, -0.2) is 13.1 Å². The number of sulfonamides is 1. The van der Waals surface area contributed by atoms with Crippen LogP contribution in [0.5, 0.6) is 0 Å². The van der Waals surface area contributed by atoms with Gasteiger partial charge in [0.05, 0.1) is 11.8 Å². The van der Waals surface area contributed by atoms with E-state index in [1.165, 1.54) is 0 Å². The Hall–Kier alpha value is -0.420. The van der Waals surface area contributed by atoms with Gasteiger partial charge in [0.25, 0.3) is 0 Å². The van der Waals surface area contributed by atoms with E-state index in [0.29, 0.717) is 19.1 Å². The lowest BCUT2D eigenvalue weighted by Crippen LogP contribution is -2.41. The van der Waals surface area contributed by atoms with E-state index in [4.69, 9.17) is 0 Å². The van der Waals surface area contributed by atoms with Gasteiger partial charge in [-0.2, -0.15) is 0 Å². The van der Waals surface area contributed by atoms with Crippen molar-refractivity contribution in [3.63, 3.8) is 0 Å². The lowest BCUT2D eigenvalue weighted by Gasteiger charge is -2.17. The van der Waals surface area contributed by atoms with Crippen molar-refractivity contribution < 1.29 is 13.2 Å². The molecule has 58 valence electrons. The van der Waals surface area contributed by atoms with Gasteiger partial charge in [0, 0.05) is 0 Å². The van der Waals surface area contributed by atoms with Crippen molar-refractivity contribution >= 4 is 16.3 Å². The van der Waals surface area contributed by atoms with Crippen LogP contribution in [0.15, 0.2) is 0 Å². The first-order valence-corrected chi connectivity index (χ1v) is 4.74. The van der Waals surface area contributed by atoms with Gasteiger partial charge < -0.3 is 4.79 Å². The van der Waals surface area contributed by atoms with E-state index >= 15 is 0 Å². The fourth-order valence-corrected chi connectivity index (χ4v) is 2.24. The average Bonchev–Trinajstić information content (AvgIpc) is 1.86. The standard InChI is InChI=1S/C5H9NO3S/c7-4-5-2-1-3-10(8,9)6-5/h4-6H,1-3H2. The van der Waals surface area contributed by atoms with Crippen LogP contribution in [0.3, 0.4) is 0 Å². The van der Waals surface area contributed by atoms with E-state index in [1.807, 2.05) is 0 Å². The maximum Gasteiger partial charge on any atom is 0.212 e. The molecule has 1 fully saturated rings. The summed E-state index contributed by atoms with van der Waals surface area (Å²) < 4.78 is 23.7. The second-order valence-corrected chi connectivity index (χ2v) is 4.19. The smallest absolute Gasteiger partial charge is 0.212 e. The van der Waals surface area contributed by atoms with Crippen LogP contribution in [0.4, 0.5) is 0 Å². The Balaban J connectivity index is 2.65. The third-order valence-electron chi connectivity index (χ3n) is 1.42. The quantitative estimate of drug-likeness (QED) is 0.518. The molecule has 0 aromatic rings. The lowest BCUT2D eigenvalue weighted by molar-refractivity contribution is -0.109. The zero-order valence-corrected chi connectivity index (χ0v) is 6.23. The van der Waals surface area contributed by atoms with Crippen molar-refractivity contribution in [3.8, 4) is 0 Å². The fourth-order valence-electron chi connectivity index (χ4n) is 0.938. The summed E-state index contributed by atoms with van der Waals surface area (Å²) in [6.07, 6.45) is 1.85. The lowest BCUT2D eigenvalue weighted by atomic mass is 10.2. The third-order valence-corrected chi connectivity index (χ3v) is 2.91. The minimum Gasteiger partial charge on any atom is -0.302 e. The fraction of sp³-hybridized carbons (Fsp3) is 0.800. The monoisotopic (exact) mass is 163 g/mol. The summed E-state index contributed by atoms with van der Waals surface area (Å²) in [6, 6.07) is -0.487. The molecular formula is C5H9NO3S. The van der Waals surface area contributed by atoms with Gasteiger partial charge in [0.1, 0.15) is 6.29 Å². The molecule has 1 atom stereocenters. The predicted octanol–water partition coefficient (Wildman–Crippen LogP) is -0.733. The largest absolute Gasteiger partial charge is 0.302 e. The third kappa shape index (κ3) is 1.78. The molecule has 0 aromatic heterocycles. The predicted molar refractivity (Wildman–Crippen MR) is 36.0 cm³/mol. The number of nitrogens with one attached hydrogen (secondary N) is 1. The van der Waals surface area contributed by atoms with Crippen LogP contribution >= 0.6 is 0 Å². The van der Waals surface area contributed by atoms with Crippen molar-refractivity contribution in [3.05, 3.63) is 0 Å². The molecule has 0 aromatic carbocycles. The highest BCUT2D eigenvalue weighted by Gasteiger charge is 2.22. The molecule has 5 heteroatoms. The van der Waals surface area contributed by atoms with Gasteiger partial charge >= 0.3 is 0 Å².